The molecule has 0 spiro atoms. The second kappa shape index (κ2) is 5.66. The number of aryl methyl sites for hydroxylation is 2. The molecule has 5 heteroatoms. The van der Waals surface area contributed by atoms with Crippen molar-refractivity contribution in [3.8, 4) is 0 Å². The number of halogens is 1. The van der Waals surface area contributed by atoms with Gasteiger partial charge in [-0.25, -0.2) is 0 Å². The minimum absolute atomic E-state index is 0.121. The minimum Gasteiger partial charge on any atom is -0.395 e. The van der Waals surface area contributed by atoms with Gasteiger partial charge in [-0.15, -0.1) is 0 Å². The predicted molar refractivity (Wildman–Crippen MR) is 65.6 cm³/mol. The van der Waals surface area contributed by atoms with Crippen LogP contribution in [0, 0.1) is 0 Å². The van der Waals surface area contributed by atoms with E-state index in [-0.39, 0.29) is 12.6 Å². The first-order chi connectivity index (χ1) is 7.51. The summed E-state index contributed by atoms with van der Waals surface area (Å²) in [6.07, 6.45) is 0.839. The molecule has 0 aliphatic rings. The van der Waals surface area contributed by atoms with E-state index in [1.54, 1.807) is 0 Å². The van der Waals surface area contributed by atoms with Crippen molar-refractivity contribution in [1.29, 1.82) is 0 Å². The molecule has 0 amide bonds. The van der Waals surface area contributed by atoms with Gasteiger partial charge >= 0.3 is 0 Å². The van der Waals surface area contributed by atoms with Crippen LogP contribution in [-0.4, -0.2) is 39.5 Å². The Balaban J connectivity index is 2.84. The molecule has 0 saturated heterocycles. The standard InChI is InChI=1S/C11H20ClN3O/c1-5-9-11(12)10(15(4)13-9)6-14(3)8(2)7-16/h8,16H,5-7H2,1-4H3. The molecule has 0 aromatic carbocycles. The van der Waals surface area contributed by atoms with Gasteiger partial charge in [0.15, 0.2) is 0 Å². The molecule has 0 saturated carbocycles. The normalized spacial score (nSPS) is 13.4. The lowest BCUT2D eigenvalue weighted by Crippen LogP contribution is -2.32. The van der Waals surface area contributed by atoms with Crippen molar-refractivity contribution in [2.24, 2.45) is 7.05 Å². The van der Waals surface area contributed by atoms with Crippen LogP contribution in [-0.2, 0) is 20.0 Å². The maximum Gasteiger partial charge on any atom is 0.0863 e. The third-order valence-electron chi connectivity index (χ3n) is 2.92. The Morgan fingerprint density at radius 1 is 1.56 bits per heavy atom. The van der Waals surface area contributed by atoms with E-state index in [0.717, 1.165) is 22.8 Å². The van der Waals surface area contributed by atoms with Crippen LogP contribution < -0.4 is 0 Å². The van der Waals surface area contributed by atoms with Gasteiger partial charge in [-0.05, 0) is 20.4 Å². The molecule has 92 valence electrons. The van der Waals surface area contributed by atoms with Crippen LogP contribution in [0.1, 0.15) is 25.2 Å². The van der Waals surface area contributed by atoms with E-state index in [1.165, 1.54) is 0 Å². The third kappa shape index (κ3) is 2.75. The van der Waals surface area contributed by atoms with Crippen molar-refractivity contribution in [1.82, 2.24) is 14.7 Å². The molecule has 1 unspecified atom stereocenters. The zero-order valence-electron chi connectivity index (χ0n) is 10.4. The molecule has 1 aromatic rings. The Bertz CT molecular complexity index is 351. The summed E-state index contributed by atoms with van der Waals surface area (Å²) < 4.78 is 1.82. The minimum atomic E-state index is 0.121. The lowest BCUT2D eigenvalue weighted by atomic mass is 10.2. The summed E-state index contributed by atoms with van der Waals surface area (Å²) in [5.74, 6) is 0. The van der Waals surface area contributed by atoms with Crippen molar-refractivity contribution >= 4 is 11.6 Å². The van der Waals surface area contributed by atoms with Crippen LogP contribution in [0.25, 0.3) is 0 Å². The van der Waals surface area contributed by atoms with Crippen molar-refractivity contribution in [2.45, 2.75) is 32.9 Å². The van der Waals surface area contributed by atoms with Crippen molar-refractivity contribution in [2.75, 3.05) is 13.7 Å². The molecule has 1 rings (SSSR count). The van der Waals surface area contributed by atoms with Gasteiger partial charge in [0.25, 0.3) is 0 Å². The third-order valence-corrected chi connectivity index (χ3v) is 3.36. The number of hydrogen-bond acceptors (Lipinski definition) is 3. The molecule has 0 aliphatic carbocycles. The summed E-state index contributed by atoms with van der Waals surface area (Å²) in [5, 5.41) is 14.2. The van der Waals surface area contributed by atoms with E-state index in [0.29, 0.717) is 6.54 Å². The molecule has 0 bridgehead atoms. The predicted octanol–water partition coefficient (Wildman–Crippen LogP) is 1.45. The smallest absolute Gasteiger partial charge is 0.0863 e. The van der Waals surface area contributed by atoms with Crippen LogP contribution in [0.15, 0.2) is 0 Å². The average molecular weight is 246 g/mol. The van der Waals surface area contributed by atoms with Gasteiger partial charge in [-0.3, -0.25) is 9.58 Å². The number of hydrogen-bond donors (Lipinski definition) is 1. The summed E-state index contributed by atoms with van der Waals surface area (Å²) in [6, 6.07) is 0.121. The molecular weight excluding hydrogens is 226 g/mol. The Morgan fingerprint density at radius 3 is 2.62 bits per heavy atom. The summed E-state index contributed by atoms with van der Waals surface area (Å²) in [6.45, 7) is 4.86. The molecule has 1 atom stereocenters. The monoisotopic (exact) mass is 245 g/mol. The summed E-state index contributed by atoms with van der Waals surface area (Å²) in [4.78, 5) is 2.06. The van der Waals surface area contributed by atoms with Crippen LogP contribution in [0.4, 0.5) is 0 Å². The highest BCUT2D eigenvalue weighted by molar-refractivity contribution is 6.31. The van der Waals surface area contributed by atoms with E-state index < -0.39 is 0 Å². The largest absolute Gasteiger partial charge is 0.395 e. The molecule has 1 aromatic heterocycles. The van der Waals surface area contributed by atoms with E-state index in [2.05, 4.69) is 10.00 Å². The first kappa shape index (κ1) is 13.5. The Morgan fingerprint density at radius 2 is 2.19 bits per heavy atom. The number of aliphatic hydroxyl groups is 1. The second-order valence-electron chi connectivity index (χ2n) is 4.13. The van der Waals surface area contributed by atoms with E-state index >= 15 is 0 Å². The molecule has 1 N–H and O–H groups in total. The van der Waals surface area contributed by atoms with Gasteiger partial charge in [0, 0.05) is 19.6 Å². The Labute approximate surface area is 102 Å². The van der Waals surface area contributed by atoms with Crippen LogP contribution >= 0.6 is 11.6 Å². The highest BCUT2D eigenvalue weighted by Crippen LogP contribution is 2.22. The van der Waals surface area contributed by atoms with Crippen molar-refractivity contribution in [3.63, 3.8) is 0 Å². The first-order valence-electron chi connectivity index (χ1n) is 5.52. The number of nitrogens with zero attached hydrogens (tertiary/aromatic N) is 3. The fourth-order valence-electron chi connectivity index (χ4n) is 1.52. The summed E-state index contributed by atoms with van der Waals surface area (Å²) in [5.41, 5.74) is 1.94. The maximum atomic E-state index is 9.08. The molecule has 4 nitrogen and oxygen atoms in total. The highest BCUT2D eigenvalue weighted by atomic mass is 35.5. The van der Waals surface area contributed by atoms with Crippen molar-refractivity contribution in [3.05, 3.63) is 16.4 Å². The molecule has 1 heterocycles. The van der Waals surface area contributed by atoms with Gasteiger partial charge in [0.2, 0.25) is 0 Å². The lowest BCUT2D eigenvalue weighted by Gasteiger charge is -2.22. The van der Waals surface area contributed by atoms with Gasteiger partial charge in [-0.2, -0.15) is 5.10 Å². The molecular formula is C11H20ClN3O. The zero-order chi connectivity index (χ0) is 12.3. The second-order valence-corrected chi connectivity index (χ2v) is 4.51. The average Bonchev–Trinajstić information content (AvgIpc) is 2.55. The molecule has 0 aliphatic heterocycles. The van der Waals surface area contributed by atoms with E-state index in [1.807, 2.05) is 32.6 Å². The quantitative estimate of drug-likeness (QED) is 0.854. The molecule has 0 fully saturated rings. The Kier molecular flexibility index (Phi) is 4.77. The number of aromatic nitrogens is 2. The Hall–Kier alpha value is -0.580. The fraction of sp³-hybridized carbons (Fsp3) is 0.727. The SMILES string of the molecule is CCc1nn(C)c(CN(C)C(C)CO)c1Cl. The van der Waals surface area contributed by atoms with Crippen LogP contribution in [0.3, 0.4) is 0 Å². The number of aliphatic hydroxyl groups excluding tert-OH is 1. The first-order valence-corrected chi connectivity index (χ1v) is 5.90. The van der Waals surface area contributed by atoms with E-state index in [9.17, 15) is 0 Å². The van der Waals surface area contributed by atoms with Gasteiger partial charge < -0.3 is 5.11 Å². The zero-order valence-corrected chi connectivity index (χ0v) is 11.1. The van der Waals surface area contributed by atoms with Gasteiger partial charge in [0.1, 0.15) is 0 Å². The van der Waals surface area contributed by atoms with Gasteiger partial charge in [-0.1, -0.05) is 18.5 Å². The number of likely N-dealkylation sites (N-methyl/N-ethyl adjacent to an activating group) is 1. The lowest BCUT2D eigenvalue weighted by molar-refractivity contribution is 0.151. The maximum absolute atomic E-state index is 9.08. The summed E-state index contributed by atoms with van der Waals surface area (Å²) in [7, 11) is 3.87. The van der Waals surface area contributed by atoms with Crippen LogP contribution in [0.2, 0.25) is 5.02 Å². The van der Waals surface area contributed by atoms with Crippen LogP contribution in [0.5, 0.6) is 0 Å². The highest BCUT2D eigenvalue weighted by Gasteiger charge is 2.16. The fourth-order valence-corrected chi connectivity index (χ4v) is 1.88. The van der Waals surface area contributed by atoms with E-state index in [4.69, 9.17) is 16.7 Å². The van der Waals surface area contributed by atoms with Gasteiger partial charge in [0.05, 0.1) is 23.0 Å². The summed E-state index contributed by atoms with van der Waals surface area (Å²) >= 11 is 6.25. The topological polar surface area (TPSA) is 41.3 Å². The molecule has 16 heavy (non-hydrogen) atoms. The molecule has 0 radical (unpaired) electrons. The van der Waals surface area contributed by atoms with Crippen molar-refractivity contribution < 1.29 is 5.11 Å². The number of rotatable bonds is 5.